The third-order valence-corrected chi connectivity index (χ3v) is 4.59. The third-order valence-electron chi connectivity index (χ3n) is 3.59. The standard InChI is InChI=1S/C16H19N3O2S/c20-11-1-2-14-3-4-15(22-14)16-17-5-6-19(16)8-7-18-9-12-21-13-10-18/h3-6,20H,7-13H2. The lowest BCUT2D eigenvalue weighted by Crippen LogP contribution is -2.38. The second-order valence-corrected chi connectivity index (χ2v) is 6.11. The van der Waals surface area contributed by atoms with Crippen LogP contribution in [0.2, 0.25) is 0 Å². The molecule has 0 radical (unpaired) electrons. The fourth-order valence-corrected chi connectivity index (χ4v) is 3.33. The number of thiophene rings is 1. The van der Waals surface area contributed by atoms with Gasteiger partial charge < -0.3 is 14.4 Å². The van der Waals surface area contributed by atoms with Gasteiger partial charge in [-0.2, -0.15) is 0 Å². The Kier molecular flexibility index (Phi) is 5.24. The number of rotatable bonds is 4. The first-order chi connectivity index (χ1) is 10.9. The zero-order chi connectivity index (χ0) is 15.2. The van der Waals surface area contributed by atoms with Crippen LogP contribution in [0.3, 0.4) is 0 Å². The molecule has 0 spiro atoms. The van der Waals surface area contributed by atoms with Gasteiger partial charge in [0.05, 0.1) is 23.0 Å². The Morgan fingerprint density at radius 3 is 2.95 bits per heavy atom. The molecule has 5 nitrogen and oxygen atoms in total. The van der Waals surface area contributed by atoms with E-state index in [1.54, 1.807) is 11.3 Å². The minimum atomic E-state index is -0.110. The monoisotopic (exact) mass is 317 g/mol. The second-order valence-electron chi connectivity index (χ2n) is 5.02. The van der Waals surface area contributed by atoms with Crippen LogP contribution in [0, 0.1) is 11.8 Å². The summed E-state index contributed by atoms with van der Waals surface area (Å²) < 4.78 is 7.56. The van der Waals surface area contributed by atoms with Crippen molar-refractivity contribution >= 4 is 11.3 Å². The molecule has 0 aromatic carbocycles. The van der Waals surface area contributed by atoms with Crippen molar-refractivity contribution in [1.29, 1.82) is 0 Å². The highest BCUT2D eigenvalue weighted by Crippen LogP contribution is 2.26. The van der Waals surface area contributed by atoms with E-state index in [1.165, 1.54) is 0 Å². The molecule has 0 unspecified atom stereocenters. The van der Waals surface area contributed by atoms with Crippen molar-refractivity contribution in [3.63, 3.8) is 0 Å². The summed E-state index contributed by atoms with van der Waals surface area (Å²) in [4.78, 5) is 8.95. The highest BCUT2D eigenvalue weighted by Gasteiger charge is 2.12. The Morgan fingerprint density at radius 2 is 2.14 bits per heavy atom. The molecule has 3 rings (SSSR count). The third kappa shape index (κ3) is 3.76. The van der Waals surface area contributed by atoms with Gasteiger partial charge >= 0.3 is 0 Å². The number of ether oxygens (including phenoxy) is 1. The lowest BCUT2D eigenvalue weighted by molar-refractivity contribution is 0.0364. The molecular weight excluding hydrogens is 298 g/mol. The first kappa shape index (κ1) is 15.3. The summed E-state index contributed by atoms with van der Waals surface area (Å²) >= 11 is 1.60. The fourth-order valence-electron chi connectivity index (χ4n) is 2.44. The van der Waals surface area contributed by atoms with Crippen LogP contribution in [0.1, 0.15) is 4.88 Å². The molecule has 0 saturated carbocycles. The number of hydrogen-bond donors (Lipinski definition) is 1. The molecule has 1 N–H and O–H groups in total. The predicted molar refractivity (Wildman–Crippen MR) is 86.8 cm³/mol. The molecule has 1 aliphatic heterocycles. The van der Waals surface area contributed by atoms with Crippen molar-refractivity contribution in [1.82, 2.24) is 14.5 Å². The average Bonchev–Trinajstić information content (AvgIpc) is 3.20. The summed E-state index contributed by atoms with van der Waals surface area (Å²) in [6.07, 6.45) is 3.86. The normalized spacial score (nSPS) is 15.5. The van der Waals surface area contributed by atoms with Crippen LogP contribution >= 0.6 is 11.3 Å². The molecule has 3 heterocycles. The fraction of sp³-hybridized carbons (Fsp3) is 0.438. The van der Waals surface area contributed by atoms with Gasteiger partial charge in [0.25, 0.3) is 0 Å². The average molecular weight is 317 g/mol. The molecule has 2 aromatic heterocycles. The van der Waals surface area contributed by atoms with Gasteiger partial charge in [0.2, 0.25) is 0 Å². The molecule has 0 bridgehead atoms. The number of aliphatic hydroxyl groups excluding tert-OH is 1. The molecule has 116 valence electrons. The van der Waals surface area contributed by atoms with Gasteiger partial charge in [-0.3, -0.25) is 4.90 Å². The zero-order valence-electron chi connectivity index (χ0n) is 12.4. The van der Waals surface area contributed by atoms with Gasteiger partial charge in [-0.15, -0.1) is 11.3 Å². The summed E-state index contributed by atoms with van der Waals surface area (Å²) in [6, 6.07) is 4.02. The van der Waals surface area contributed by atoms with Gasteiger partial charge in [0.1, 0.15) is 12.4 Å². The summed E-state index contributed by atoms with van der Waals surface area (Å²) in [5.41, 5.74) is 0. The van der Waals surface area contributed by atoms with Crippen LogP contribution in [0.15, 0.2) is 24.5 Å². The van der Waals surface area contributed by atoms with E-state index in [1.807, 2.05) is 24.5 Å². The van der Waals surface area contributed by atoms with Crippen LogP contribution < -0.4 is 0 Å². The minimum Gasteiger partial charge on any atom is -0.384 e. The number of imidazole rings is 1. The lowest BCUT2D eigenvalue weighted by Gasteiger charge is -2.26. The van der Waals surface area contributed by atoms with Crippen LogP contribution in [-0.2, 0) is 11.3 Å². The van der Waals surface area contributed by atoms with Gasteiger partial charge in [-0.1, -0.05) is 11.8 Å². The van der Waals surface area contributed by atoms with Crippen LogP contribution in [-0.4, -0.2) is 59.0 Å². The van der Waals surface area contributed by atoms with Crippen molar-refractivity contribution in [3.8, 4) is 22.5 Å². The molecule has 1 saturated heterocycles. The first-order valence-corrected chi connectivity index (χ1v) is 8.19. The number of aromatic nitrogens is 2. The molecule has 2 aromatic rings. The molecule has 6 heteroatoms. The van der Waals surface area contributed by atoms with Crippen molar-refractivity contribution < 1.29 is 9.84 Å². The number of aliphatic hydroxyl groups is 1. The Bertz CT molecular complexity index is 662. The molecular formula is C16H19N3O2S. The predicted octanol–water partition coefficient (Wildman–Crippen LogP) is 1.29. The second kappa shape index (κ2) is 7.56. The molecule has 0 amide bonds. The van der Waals surface area contributed by atoms with E-state index in [-0.39, 0.29) is 6.61 Å². The minimum absolute atomic E-state index is 0.110. The Labute approximate surface area is 134 Å². The number of nitrogens with zero attached hydrogens (tertiary/aromatic N) is 3. The molecule has 0 aliphatic carbocycles. The van der Waals surface area contributed by atoms with E-state index in [9.17, 15) is 0 Å². The van der Waals surface area contributed by atoms with Crippen molar-refractivity contribution in [2.75, 3.05) is 39.5 Å². The topological polar surface area (TPSA) is 50.5 Å². The summed E-state index contributed by atoms with van der Waals surface area (Å²) in [7, 11) is 0. The molecule has 1 aliphatic rings. The van der Waals surface area contributed by atoms with E-state index >= 15 is 0 Å². The van der Waals surface area contributed by atoms with Crippen LogP contribution in [0.4, 0.5) is 0 Å². The zero-order valence-corrected chi connectivity index (χ0v) is 13.2. The van der Waals surface area contributed by atoms with Gasteiger partial charge in [-0.05, 0) is 12.1 Å². The number of morpholine rings is 1. The van der Waals surface area contributed by atoms with Crippen molar-refractivity contribution in [3.05, 3.63) is 29.4 Å². The summed E-state index contributed by atoms with van der Waals surface area (Å²) in [5.74, 6) is 6.60. The van der Waals surface area contributed by atoms with Gasteiger partial charge in [-0.25, -0.2) is 4.98 Å². The van der Waals surface area contributed by atoms with Crippen LogP contribution in [0.5, 0.6) is 0 Å². The van der Waals surface area contributed by atoms with E-state index in [4.69, 9.17) is 9.84 Å². The maximum Gasteiger partial charge on any atom is 0.150 e. The van der Waals surface area contributed by atoms with E-state index in [0.717, 1.165) is 55.0 Å². The van der Waals surface area contributed by atoms with E-state index in [0.29, 0.717) is 0 Å². The van der Waals surface area contributed by atoms with Crippen molar-refractivity contribution in [2.45, 2.75) is 6.54 Å². The highest BCUT2D eigenvalue weighted by molar-refractivity contribution is 7.15. The Balaban J connectivity index is 1.67. The van der Waals surface area contributed by atoms with E-state index < -0.39 is 0 Å². The SMILES string of the molecule is OCC#Cc1ccc(-c2nccn2CCN2CCOCC2)s1. The Hall–Kier alpha value is -1.65. The van der Waals surface area contributed by atoms with Crippen LogP contribution in [0.25, 0.3) is 10.7 Å². The maximum atomic E-state index is 8.76. The molecule has 22 heavy (non-hydrogen) atoms. The maximum absolute atomic E-state index is 8.76. The van der Waals surface area contributed by atoms with Gasteiger partial charge in [0, 0.05) is 38.6 Å². The molecule has 0 atom stereocenters. The smallest absolute Gasteiger partial charge is 0.150 e. The first-order valence-electron chi connectivity index (χ1n) is 7.38. The van der Waals surface area contributed by atoms with Crippen molar-refractivity contribution in [2.24, 2.45) is 0 Å². The van der Waals surface area contributed by atoms with Gasteiger partial charge in [0.15, 0.2) is 0 Å². The quantitative estimate of drug-likeness (QED) is 0.863. The largest absolute Gasteiger partial charge is 0.384 e. The lowest BCUT2D eigenvalue weighted by atomic mass is 10.4. The number of hydrogen-bond acceptors (Lipinski definition) is 5. The summed E-state index contributed by atoms with van der Waals surface area (Å²) in [5, 5.41) is 8.76. The summed E-state index contributed by atoms with van der Waals surface area (Å²) in [6.45, 7) is 5.48. The molecule has 1 fully saturated rings. The highest BCUT2D eigenvalue weighted by atomic mass is 32.1. The van der Waals surface area contributed by atoms with E-state index in [2.05, 4.69) is 26.3 Å². The Morgan fingerprint density at radius 1 is 1.27 bits per heavy atom.